The molecule has 3 unspecified atom stereocenters. The Morgan fingerprint density at radius 2 is 2.10 bits per heavy atom. The van der Waals surface area contributed by atoms with Gasteiger partial charge in [0.2, 0.25) is 5.91 Å². The van der Waals surface area contributed by atoms with Crippen LogP contribution < -0.4 is 5.73 Å². The second-order valence-electron chi connectivity index (χ2n) is 7.08. The Kier molecular flexibility index (Phi) is 3.60. The van der Waals surface area contributed by atoms with Crippen molar-refractivity contribution in [2.75, 3.05) is 6.54 Å². The van der Waals surface area contributed by atoms with Crippen molar-refractivity contribution in [2.24, 2.45) is 11.7 Å². The number of rotatable bonds is 1. The van der Waals surface area contributed by atoms with Gasteiger partial charge in [-0.25, -0.2) is 0 Å². The molecule has 1 fully saturated rings. The highest BCUT2D eigenvalue weighted by Crippen LogP contribution is 2.35. The summed E-state index contributed by atoms with van der Waals surface area (Å²) < 4.78 is 2.32. The summed E-state index contributed by atoms with van der Waals surface area (Å²) in [5, 5.41) is 0. The third-order valence-electron chi connectivity index (χ3n) is 5.41. The van der Waals surface area contributed by atoms with Crippen molar-refractivity contribution in [2.45, 2.75) is 64.6 Å². The van der Waals surface area contributed by atoms with Crippen LogP contribution in [0.2, 0.25) is 0 Å². The van der Waals surface area contributed by atoms with Gasteiger partial charge in [0.25, 0.3) is 0 Å². The van der Waals surface area contributed by atoms with E-state index in [1.54, 1.807) is 0 Å². The highest BCUT2D eigenvalue weighted by atomic mass is 16.2. The fraction of sp³-hybridized carbons (Fsp3) is 0.706. The van der Waals surface area contributed by atoms with Crippen LogP contribution >= 0.6 is 0 Å². The summed E-state index contributed by atoms with van der Waals surface area (Å²) in [4.78, 5) is 15.0. The molecule has 0 spiro atoms. The molecule has 3 atom stereocenters. The molecule has 116 valence electrons. The maximum absolute atomic E-state index is 13.0. The highest BCUT2D eigenvalue weighted by molar-refractivity contribution is 5.86. The van der Waals surface area contributed by atoms with E-state index in [1.165, 1.54) is 17.8 Å². The Bertz CT molecular complexity index is 550. The standard InChI is InChI=1S/C17H27N3O/c1-12-5-4-8-17(18,11-12)16(21)20-10-9-19-13(2)6-7-15(19)14(20)3/h6-7,12,14H,4-5,8-11,18H2,1-3H3. The van der Waals surface area contributed by atoms with Gasteiger partial charge in [0.05, 0.1) is 11.6 Å². The van der Waals surface area contributed by atoms with E-state index in [1.807, 2.05) is 4.90 Å². The molecule has 1 aliphatic heterocycles. The average Bonchev–Trinajstić information content (AvgIpc) is 2.81. The number of fused-ring (bicyclic) bond motifs is 1. The normalized spacial score (nSPS) is 32.9. The summed E-state index contributed by atoms with van der Waals surface area (Å²) in [5.41, 5.74) is 8.38. The van der Waals surface area contributed by atoms with Gasteiger partial charge in [-0.15, -0.1) is 0 Å². The van der Waals surface area contributed by atoms with Crippen molar-refractivity contribution in [3.63, 3.8) is 0 Å². The lowest BCUT2D eigenvalue weighted by atomic mass is 9.76. The average molecular weight is 289 g/mol. The van der Waals surface area contributed by atoms with Gasteiger partial charge in [-0.05, 0) is 44.7 Å². The summed E-state index contributed by atoms with van der Waals surface area (Å²) in [7, 11) is 0. The van der Waals surface area contributed by atoms with E-state index in [0.29, 0.717) is 5.92 Å². The van der Waals surface area contributed by atoms with Crippen LogP contribution in [0.25, 0.3) is 0 Å². The SMILES string of the molecule is Cc1ccc2n1CCN(C(=O)C1(N)CCCC(C)C1)C2C. The Balaban J connectivity index is 1.83. The van der Waals surface area contributed by atoms with Crippen molar-refractivity contribution in [1.29, 1.82) is 0 Å². The summed E-state index contributed by atoms with van der Waals surface area (Å²) in [6.45, 7) is 8.12. The first-order chi connectivity index (χ1) is 9.92. The lowest BCUT2D eigenvalue weighted by molar-refractivity contribution is -0.142. The number of carbonyl (C=O) groups excluding carboxylic acids is 1. The predicted molar refractivity (Wildman–Crippen MR) is 83.8 cm³/mol. The number of amides is 1. The van der Waals surface area contributed by atoms with E-state index in [9.17, 15) is 4.79 Å². The van der Waals surface area contributed by atoms with E-state index in [2.05, 4.69) is 37.5 Å². The molecule has 1 saturated carbocycles. The maximum Gasteiger partial charge on any atom is 0.243 e. The molecule has 0 radical (unpaired) electrons. The number of carbonyl (C=O) groups is 1. The second-order valence-corrected chi connectivity index (χ2v) is 7.08. The summed E-state index contributed by atoms with van der Waals surface area (Å²) >= 11 is 0. The van der Waals surface area contributed by atoms with Crippen molar-refractivity contribution >= 4 is 5.91 Å². The van der Waals surface area contributed by atoms with Crippen molar-refractivity contribution in [1.82, 2.24) is 9.47 Å². The molecule has 2 aliphatic rings. The smallest absolute Gasteiger partial charge is 0.243 e. The van der Waals surface area contributed by atoms with Gasteiger partial charge >= 0.3 is 0 Å². The van der Waals surface area contributed by atoms with Crippen LogP contribution in [-0.4, -0.2) is 27.5 Å². The largest absolute Gasteiger partial charge is 0.345 e. The minimum Gasteiger partial charge on any atom is -0.345 e. The molecule has 0 aromatic carbocycles. The zero-order chi connectivity index (χ0) is 15.2. The molecular formula is C17H27N3O. The Morgan fingerprint density at radius 1 is 1.33 bits per heavy atom. The summed E-state index contributed by atoms with van der Waals surface area (Å²) in [6, 6.07) is 4.41. The molecule has 21 heavy (non-hydrogen) atoms. The number of hydrogen-bond donors (Lipinski definition) is 1. The zero-order valence-corrected chi connectivity index (χ0v) is 13.4. The molecule has 3 rings (SSSR count). The molecule has 1 amide bonds. The van der Waals surface area contributed by atoms with Gasteiger partial charge in [-0.2, -0.15) is 0 Å². The molecule has 1 aromatic heterocycles. The second kappa shape index (κ2) is 5.16. The Labute approximate surface area is 127 Å². The van der Waals surface area contributed by atoms with Crippen LogP contribution in [0.1, 0.15) is 57.0 Å². The van der Waals surface area contributed by atoms with E-state index in [-0.39, 0.29) is 11.9 Å². The van der Waals surface area contributed by atoms with Gasteiger partial charge in [0, 0.05) is 24.5 Å². The Morgan fingerprint density at radius 3 is 2.81 bits per heavy atom. The van der Waals surface area contributed by atoms with Gasteiger partial charge in [0.1, 0.15) is 0 Å². The highest BCUT2D eigenvalue weighted by Gasteiger charge is 2.43. The first kappa shape index (κ1) is 14.6. The van der Waals surface area contributed by atoms with E-state index in [4.69, 9.17) is 5.73 Å². The fourth-order valence-corrected chi connectivity index (χ4v) is 4.17. The molecule has 1 aromatic rings. The van der Waals surface area contributed by atoms with Crippen LogP contribution in [0.15, 0.2) is 12.1 Å². The Hall–Kier alpha value is -1.29. The molecule has 2 heterocycles. The minimum absolute atomic E-state index is 0.123. The lowest BCUT2D eigenvalue weighted by Crippen LogP contribution is -2.59. The molecular weight excluding hydrogens is 262 g/mol. The van der Waals surface area contributed by atoms with Gasteiger partial charge < -0.3 is 15.2 Å². The minimum atomic E-state index is -0.643. The number of nitrogens with two attached hydrogens (primary N) is 1. The monoisotopic (exact) mass is 289 g/mol. The maximum atomic E-state index is 13.0. The van der Waals surface area contributed by atoms with Crippen molar-refractivity contribution in [3.8, 4) is 0 Å². The van der Waals surface area contributed by atoms with Gasteiger partial charge in [-0.3, -0.25) is 4.79 Å². The third-order valence-corrected chi connectivity index (χ3v) is 5.41. The number of hydrogen-bond acceptors (Lipinski definition) is 2. The van der Waals surface area contributed by atoms with Crippen LogP contribution in [0.5, 0.6) is 0 Å². The lowest BCUT2D eigenvalue weighted by Gasteiger charge is -2.43. The van der Waals surface area contributed by atoms with Crippen molar-refractivity contribution in [3.05, 3.63) is 23.5 Å². The summed E-state index contributed by atoms with van der Waals surface area (Å²) in [6.07, 6.45) is 3.93. The first-order valence-corrected chi connectivity index (χ1v) is 8.18. The predicted octanol–water partition coefficient (Wildman–Crippen LogP) is 2.61. The number of aromatic nitrogens is 1. The topological polar surface area (TPSA) is 51.3 Å². The van der Waals surface area contributed by atoms with Crippen LogP contribution in [0.4, 0.5) is 0 Å². The van der Waals surface area contributed by atoms with Crippen LogP contribution in [0, 0.1) is 12.8 Å². The molecule has 1 aliphatic carbocycles. The van der Waals surface area contributed by atoms with E-state index in [0.717, 1.165) is 32.4 Å². The van der Waals surface area contributed by atoms with E-state index < -0.39 is 5.54 Å². The molecule has 0 saturated heterocycles. The summed E-state index contributed by atoms with van der Waals surface area (Å²) in [5.74, 6) is 0.713. The zero-order valence-electron chi connectivity index (χ0n) is 13.4. The van der Waals surface area contributed by atoms with Crippen LogP contribution in [0.3, 0.4) is 0 Å². The van der Waals surface area contributed by atoms with Crippen molar-refractivity contribution < 1.29 is 4.79 Å². The quantitative estimate of drug-likeness (QED) is 0.864. The van der Waals surface area contributed by atoms with Gasteiger partial charge in [-0.1, -0.05) is 19.8 Å². The molecule has 4 nitrogen and oxygen atoms in total. The van der Waals surface area contributed by atoms with E-state index >= 15 is 0 Å². The molecule has 2 N–H and O–H groups in total. The third kappa shape index (κ3) is 2.39. The number of nitrogens with zero attached hydrogens (tertiary/aromatic N) is 2. The fourth-order valence-electron chi connectivity index (χ4n) is 4.17. The van der Waals surface area contributed by atoms with Crippen LogP contribution in [-0.2, 0) is 11.3 Å². The molecule has 4 heteroatoms. The first-order valence-electron chi connectivity index (χ1n) is 8.18. The molecule has 0 bridgehead atoms. The van der Waals surface area contributed by atoms with Gasteiger partial charge in [0.15, 0.2) is 0 Å². The number of aryl methyl sites for hydroxylation is 1.